The normalized spacial score (nSPS) is 21.3. The second-order valence-electron chi connectivity index (χ2n) is 3.11. The summed E-state index contributed by atoms with van der Waals surface area (Å²) in [7, 11) is -0.671. The molecule has 3 heteroatoms. The van der Waals surface area contributed by atoms with Crippen molar-refractivity contribution in [2.45, 2.75) is 38.7 Å². The van der Waals surface area contributed by atoms with Gasteiger partial charge in [-0.1, -0.05) is 31.4 Å². The minimum absolute atomic E-state index is 0.671. The van der Waals surface area contributed by atoms with Gasteiger partial charge in [0.15, 0.2) is 0 Å². The molecule has 1 heterocycles. The lowest BCUT2D eigenvalue weighted by atomic mass is 10.3. The lowest BCUT2D eigenvalue weighted by Gasteiger charge is -2.22. The number of hydrogen-bond donors (Lipinski definition) is 0. The highest BCUT2D eigenvalue weighted by Gasteiger charge is 2.20. The molecule has 1 aliphatic heterocycles. The van der Waals surface area contributed by atoms with Gasteiger partial charge < -0.3 is 4.43 Å². The summed E-state index contributed by atoms with van der Waals surface area (Å²) >= 11 is 5.76. The first-order chi connectivity index (χ1) is 5.88. The van der Waals surface area contributed by atoms with Crippen molar-refractivity contribution in [3.05, 3.63) is 10.7 Å². The van der Waals surface area contributed by atoms with Crippen LogP contribution in [0, 0.1) is 0 Å². The fraction of sp³-hybridized carbons (Fsp3) is 0.778. The molecular weight excluding hydrogens is 188 g/mol. The van der Waals surface area contributed by atoms with Gasteiger partial charge in [-0.25, -0.2) is 0 Å². The van der Waals surface area contributed by atoms with Crippen LogP contribution in [-0.2, 0) is 4.43 Å². The molecule has 1 fully saturated rings. The molecule has 0 aromatic rings. The average molecular weight is 204 g/mol. The van der Waals surface area contributed by atoms with Crippen molar-refractivity contribution in [2.24, 2.45) is 0 Å². The largest absolute Gasteiger partial charge is 0.412 e. The molecule has 0 aromatic heterocycles. The summed E-state index contributed by atoms with van der Waals surface area (Å²) in [6, 6.07) is 1.25. The quantitative estimate of drug-likeness (QED) is 0.640. The van der Waals surface area contributed by atoms with Gasteiger partial charge in [-0.2, -0.15) is 0 Å². The Kier molecular flexibility index (Phi) is 4.96. The second-order valence-corrected chi connectivity index (χ2v) is 5.61. The molecule has 0 N–H and O–H groups in total. The molecule has 0 amide bonds. The lowest BCUT2D eigenvalue weighted by molar-refractivity contribution is 0.291. The fourth-order valence-electron chi connectivity index (χ4n) is 1.43. The second kappa shape index (κ2) is 5.78. The van der Waals surface area contributed by atoms with E-state index >= 15 is 0 Å². The van der Waals surface area contributed by atoms with Crippen LogP contribution < -0.4 is 0 Å². The first-order valence-corrected chi connectivity index (χ1v) is 6.72. The Labute approximate surface area is 81.5 Å². The van der Waals surface area contributed by atoms with E-state index in [4.69, 9.17) is 16.0 Å². The van der Waals surface area contributed by atoms with E-state index in [2.05, 4.69) is 6.92 Å². The Bertz CT molecular complexity index is 153. The molecule has 69 valence electrons. The summed E-state index contributed by atoms with van der Waals surface area (Å²) in [4.78, 5) is 0. The molecule has 0 atom stereocenters. The maximum absolute atomic E-state index is 5.76. The van der Waals surface area contributed by atoms with Gasteiger partial charge in [-0.15, -0.1) is 0 Å². The Morgan fingerprint density at radius 3 is 2.92 bits per heavy atom. The van der Waals surface area contributed by atoms with Gasteiger partial charge in [0.25, 0.3) is 0 Å². The molecule has 1 nitrogen and oxygen atoms in total. The number of rotatable bonds is 3. The summed E-state index contributed by atoms with van der Waals surface area (Å²) in [5.74, 6) is 0. The van der Waals surface area contributed by atoms with E-state index in [1.165, 1.54) is 30.5 Å². The van der Waals surface area contributed by atoms with Crippen LogP contribution >= 0.6 is 11.6 Å². The van der Waals surface area contributed by atoms with Crippen LogP contribution in [-0.4, -0.2) is 15.6 Å². The zero-order valence-corrected chi connectivity index (χ0v) is 9.36. The fourth-order valence-corrected chi connectivity index (χ4v) is 4.17. The van der Waals surface area contributed by atoms with Crippen molar-refractivity contribution >= 4 is 20.6 Å². The van der Waals surface area contributed by atoms with Gasteiger partial charge in [0.05, 0.1) is 0 Å². The monoisotopic (exact) mass is 203 g/mol. The van der Waals surface area contributed by atoms with Crippen molar-refractivity contribution in [2.75, 3.05) is 6.61 Å². The molecule has 1 aliphatic rings. The highest BCUT2D eigenvalue weighted by atomic mass is 35.5. The van der Waals surface area contributed by atoms with Crippen molar-refractivity contribution in [3.8, 4) is 0 Å². The molecule has 0 bridgehead atoms. The Morgan fingerprint density at radius 1 is 1.58 bits per heavy atom. The number of hydrogen-bond acceptors (Lipinski definition) is 1. The highest BCUT2D eigenvalue weighted by Crippen LogP contribution is 2.20. The molecule has 0 unspecified atom stereocenters. The molecule has 1 saturated heterocycles. The smallest absolute Gasteiger partial charge is 0.243 e. The van der Waals surface area contributed by atoms with Crippen LogP contribution in [0.1, 0.15) is 32.6 Å². The molecule has 12 heavy (non-hydrogen) atoms. The zero-order valence-electron chi connectivity index (χ0n) is 7.61. The van der Waals surface area contributed by atoms with Crippen molar-refractivity contribution < 1.29 is 4.43 Å². The third-order valence-corrected chi connectivity index (χ3v) is 5.00. The Morgan fingerprint density at radius 2 is 2.42 bits per heavy atom. The van der Waals surface area contributed by atoms with Crippen molar-refractivity contribution in [1.29, 1.82) is 0 Å². The molecule has 0 spiro atoms. The SMILES string of the molecule is CCC/C(=C/Cl)[Si]1CCCCO1. The van der Waals surface area contributed by atoms with Gasteiger partial charge in [0, 0.05) is 12.1 Å². The molecule has 1 radical (unpaired) electrons. The minimum atomic E-state index is -0.671. The van der Waals surface area contributed by atoms with Gasteiger partial charge in [-0.3, -0.25) is 0 Å². The Balaban J connectivity index is 2.41. The molecule has 0 saturated carbocycles. The van der Waals surface area contributed by atoms with E-state index in [1.807, 2.05) is 0 Å². The third-order valence-electron chi connectivity index (χ3n) is 2.08. The van der Waals surface area contributed by atoms with E-state index in [9.17, 15) is 0 Å². The van der Waals surface area contributed by atoms with Gasteiger partial charge in [-0.05, 0) is 24.1 Å². The van der Waals surface area contributed by atoms with E-state index < -0.39 is 9.04 Å². The van der Waals surface area contributed by atoms with Crippen LogP contribution in [0.15, 0.2) is 10.7 Å². The summed E-state index contributed by atoms with van der Waals surface area (Å²) in [6.07, 6.45) is 4.86. The van der Waals surface area contributed by atoms with Crippen LogP contribution in [0.3, 0.4) is 0 Å². The maximum atomic E-state index is 5.76. The van der Waals surface area contributed by atoms with Gasteiger partial charge in [0.1, 0.15) is 0 Å². The number of halogens is 1. The minimum Gasteiger partial charge on any atom is -0.412 e. The summed E-state index contributed by atoms with van der Waals surface area (Å²) in [6.45, 7) is 3.14. The highest BCUT2D eigenvalue weighted by molar-refractivity contribution is 6.61. The lowest BCUT2D eigenvalue weighted by Crippen LogP contribution is -2.25. The standard InChI is InChI=1S/C9H16ClOSi/c1-2-5-9(8-10)12-7-4-3-6-11-12/h8H,2-7H2,1H3/b9-8-. The third kappa shape index (κ3) is 2.92. The van der Waals surface area contributed by atoms with E-state index in [0.717, 1.165) is 13.0 Å². The van der Waals surface area contributed by atoms with E-state index in [-0.39, 0.29) is 0 Å². The first kappa shape index (κ1) is 10.3. The summed E-state index contributed by atoms with van der Waals surface area (Å²) < 4.78 is 5.73. The van der Waals surface area contributed by atoms with Crippen LogP contribution in [0.5, 0.6) is 0 Å². The Hall–Kier alpha value is 0.207. The molecule has 1 rings (SSSR count). The van der Waals surface area contributed by atoms with Gasteiger partial charge >= 0.3 is 0 Å². The average Bonchev–Trinajstić information content (AvgIpc) is 2.15. The van der Waals surface area contributed by atoms with Crippen LogP contribution in [0.4, 0.5) is 0 Å². The summed E-state index contributed by atoms with van der Waals surface area (Å²) in [5.41, 5.74) is 1.75. The molecule has 0 aromatic carbocycles. The van der Waals surface area contributed by atoms with Gasteiger partial charge in [0.2, 0.25) is 9.04 Å². The van der Waals surface area contributed by atoms with Crippen molar-refractivity contribution in [3.63, 3.8) is 0 Å². The summed E-state index contributed by atoms with van der Waals surface area (Å²) in [5, 5.41) is 1.38. The predicted molar refractivity (Wildman–Crippen MR) is 54.6 cm³/mol. The van der Waals surface area contributed by atoms with Crippen LogP contribution in [0.25, 0.3) is 0 Å². The predicted octanol–water partition coefficient (Wildman–Crippen LogP) is 3.25. The molecule has 0 aliphatic carbocycles. The zero-order chi connectivity index (χ0) is 8.81. The van der Waals surface area contributed by atoms with E-state index in [1.54, 1.807) is 5.54 Å². The van der Waals surface area contributed by atoms with E-state index in [0.29, 0.717) is 0 Å². The topological polar surface area (TPSA) is 9.23 Å². The molecular formula is C9H16ClOSi. The van der Waals surface area contributed by atoms with Crippen molar-refractivity contribution in [1.82, 2.24) is 0 Å². The van der Waals surface area contributed by atoms with Crippen LogP contribution in [0.2, 0.25) is 6.04 Å². The first-order valence-electron chi connectivity index (χ1n) is 4.66. The maximum Gasteiger partial charge on any atom is 0.243 e. The number of allylic oxidation sites excluding steroid dienone is 1.